The van der Waals surface area contributed by atoms with E-state index in [1.54, 1.807) is 36.4 Å². The van der Waals surface area contributed by atoms with Crippen LogP contribution in [0.15, 0.2) is 60.7 Å². The van der Waals surface area contributed by atoms with Gasteiger partial charge >= 0.3 is 6.18 Å². The molecule has 0 spiro atoms. The lowest BCUT2D eigenvalue weighted by Gasteiger charge is -2.19. The van der Waals surface area contributed by atoms with Gasteiger partial charge in [0.05, 0.1) is 6.61 Å². The van der Waals surface area contributed by atoms with Gasteiger partial charge in [0.15, 0.2) is 0 Å². The van der Waals surface area contributed by atoms with Crippen molar-refractivity contribution in [3.8, 4) is 0 Å². The Kier molecular flexibility index (Phi) is 4.75. The summed E-state index contributed by atoms with van der Waals surface area (Å²) in [6.45, 7) is -0.274. The third-order valence-corrected chi connectivity index (χ3v) is 2.85. The molecule has 0 bridgehead atoms. The van der Waals surface area contributed by atoms with Gasteiger partial charge in [-0.25, -0.2) is 0 Å². The summed E-state index contributed by atoms with van der Waals surface area (Å²) < 4.78 is 43.9. The van der Waals surface area contributed by atoms with Crippen molar-refractivity contribution in [2.75, 3.05) is 0 Å². The fourth-order valence-electron chi connectivity index (χ4n) is 1.83. The van der Waals surface area contributed by atoms with Crippen LogP contribution in [0.5, 0.6) is 0 Å². The number of halogens is 3. The molecule has 1 atom stereocenters. The van der Waals surface area contributed by atoms with Gasteiger partial charge in [-0.1, -0.05) is 60.7 Å². The SMILES string of the molecule is O=C(c1ccccc1)[C@@H](OCc1ccccc1)C(F)(F)F. The van der Waals surface area contributed by atoms with E-state index in [4.69, 9.17) is 4.74 Å². The molecule has 0 saturated heterocycles. The molecule has 0 aliphatic carbocycles. The summed E-state index contributed by atoms with van der Waals surface area (Å²) in [4.78, 5) is 12.0. The number of Topliss-reactive ketones (excluding diaryl/α,β-unsaturated/α-hetero) is 1. The van der Waals surface area contributed by atoms with Gasteiger partial charge in [0.25, 0.3) is 0 Å². The van der Waals surface area contributed by atoms with E-state index >= 15 is 0 Å². The van der Waals surface area contributed by atoms with Crippen LogP contribution in [0, 0.1) is 0 Å². The maximum atomic E-state index is 13.0. The van der Waals surface area contributed by atoms with Crippen LogP contribution in [0.3, 0.4) is 0 Å². The van der Waals surface area contributed by atoms with Gasteiger partial charge in [-0.15, -0.1) is 0 Å². The molecule has 0 aliphatic heterocycles. The van der Waals surface area contributed by atoms with Crippen molar-refractivity contribution in [2.45, 2.75) is 18.9 Å². The van der Waals surface area contributed by atoms with E-state index in [0.717, 1.165) is 0 Å². The monoisotopic (exact) mass is 294 g/mol. The van der Waals surface area contributed by atoms with E-state index < -0.39 is 18.1 Å². The number of hydrogen-bond acceptors (Lipinski definition) is 2. The predicted molar refractivity (Wildman–Crippen MR) is 71.8 cm³/mol. The molecule has 0 fully saturated rings. The van der Waals surface area contributed by atoms with Gasteiger partial charge in [0.1, 0.15) is 0 Å². The fourth-order valence-corrected chi connectivity index (χ4v) is 1.83. The molecule has 2 aromatic rings. The highest BCUT2D eigenvalue weighted by Crippen LogP contribution is 2.26. The molecule has 0 aliphatic rings. The summed E-state index contributed by atoms with van der Waals surface area (Å²) in [5.74, 6) is -1.08. The zero-order valence-electron chi connectivity index (χ0n) is 11.0. The van der Waals surface area contributed by atoms with E-state index in [2.05, 4.69) is 0 Å². The van der Waals surface area contributed by atoms with Gasteiger partial charge in [-0.05, 0) is 5.56 Å². The van der Waals surface area contributed by atoms with E-state index in [0.29, 0.717) is 5.56 Å². The third kappa shape index (κ3) is 4.16. The van der Waals surface area contributed by atoms with Gasteiger partial charge in [-0.3, -0.25) is 4.79 Å². The van der Waals surface area contributed by atoms with Gasteiger partial charge in [0, 0.05) is 5.56 Å². The molecule has 2 aromatic carbocycles. The van der Waals surface area contributed by atoms with Crippen LogP contribution in [0.25, 0.3) is 0 Å². The lowest BCUT2D eigenvalue weighted by Crippen LogP contribution is -2.39. The second-order valence-corrected chi connectivity index (χ2v) is 4.45. The fraction of sp³-hybridized carbons (Fsp3) is 0.188. The van der Waals surface area contributed by atoms with Gasteiger partial charge in [0.2, 0.25) is 11.9 Å². The van der Waals surface area contributed by atoms with Crippen molar-refractivity contribution in [2.24, 2.45) is 0 Å². The molecule has 2 nitrogen and oxygen atoms in total. The van der Waals surface area contributed by atoms with Crippen LogP contribution in [0.2, 0.25) is 0 Å². The van der Waals surface area contributed by atoms with E-state index in [9.17, 15) is 18.0 Å². The number of hydrogen-bond donors (Lipinski definition) is 0. The second-order valence-electron chi connectivity index (χ2n) is 4.45. The van der Waals surface area contributed by atoms with Crippen molar-refractivity contribution in [1.82, 2.24) is 0 Å². The number of alkyl halides is 3. The third-order valence-electron chi connectivity index (χ3n) is 2.85. The normalized spacial score (nSPS) is 12.9. The van der Waals surface area contributed by atoms with Crippen LogP contribution < -0.4 is 0 Å². The Bertz CT molecular complexity index is 579. The largest absolute Gasteiger partial charge is 0.422 e. The van der Waals surface area contributed by atoms with Crippen LogP contribution in [-0.4, -0.2) is 18.1 Å². The summed E-state index contributed by atoms with van der Waals surface area (Å²) in [6.07, 6.45) is -7.21. The first-order valence-electron chi connectivity index (χ1n) is 6.30. The summed E-state index contributed by atoms with van der Waals surface area (Å²) in [5.41, 5.74) is 0.556. The molecule has 110 valence electrons. The minimum atomic E-state index is -4.75. The molecule has 21 heavy (non-hydrogen) atoms. The summed E-state index contributed by atoms with van der Waals surface area (Å²) >= 11 is 0. The molecule has 0 amide bonds. The number of rotatable bonds is 5. The average Bonchev–Trinajstić information content (AvgIpc) is 2.48. The zero-order valence-corrected chi connectivity index (χ0v) is 11.0. The Morgan fingerprint density at radius 1 is 0.952 bits per heavy atom. The molecule has 0 radical (unpaired) electrons. The van der Waals surface area contributed by atoms with Crippen LogP contribution in [0.4, 0.5) is 13.2 Å². The quantitative estimate of drug-likeness (QED) is 0.779. The average molecular weight is 294 g/mol. The van der Waals surface area contributed by atoms with Gasteiger partial charge in [-0.2, -0.15) is 13.2 Å². The lowest BCUT2D eigenvalue weighted by molar-refractivity contribution is -0.205. The number of ketones is 1. The molecule has 0 heterocycles. The van der Waals surface area contributed by atoms with Crippen molar-refractivity contribution in [3.63, 3.8) is 0 Å². The zero-order chi connectivity index (χ0) is 15.3. The molecule has 0 N–H and O–H groups in total. The second kappa shape index (κ2) is 6.54. The van der Waals surface area contributed by atoms with Crippen LogP contribution >= 0.6 is 0 Å². The smallest absolute Gasteiger partial charge is 0.356 e. The number of benzene rings is 2. The maximum absolute atomic E-state index is 13.0. The van der Waals surface area contributed by atoms with Crippen LogP contribution in [0.1, 0.15) is 15.9 Å². The Morgan fingerprint density at radius 2 is 1.48 bits per heavy atom. The summed E-state index contributed by atoms with van der Waals surface area (Å²) in [7, 11) is 0. The first kappa shape index (κ1) is 15.3. The van der Waals surface area contributed by atoms with Gasteiger partial charge < -0.3 is 4.74 Å². The number of ether oxygens (including phenoxy) is 1. The van der Waals surface area contributed by atoms with Crippen molar-refractivity contribution in [1.29, 1.82) is 0 Å². The minimum absolute atomic E-state index is 0.0205. The molecule has 2 rings (SSSR count). The number of carbonyl (C=O) groups excluding carboxylic acids is 1. The minimum Gasteiger partial charge on any atom is -0.356 e. The molecular weight excluding hydrogens is 281 g/mol. The first-order valence-corrected chi connectivity index (χ1v) is 6.30. The topological polar surface area (TPSA) is 26.3 Å². The highest BCUT2D eigenvalue weighted by molar-refractivity contribution is 6.00. The molecule has 0 saturated carbocycles. The predicted octanol–water partition coefficient (Wildman–Crippen LogP) is 4.02. The van der Waals surface area contributed by atoms with E-state index in [1.165, 1.54) is 24.3 Å². The van der Waals surface area contributed by atoms with E-state index in [1.807, 2.05) is 0 Å². The summed E-state index contributed by atoms with van der Waals surface area (Å²) in [5, 5.41) is 0. The van der Waals surface area contributed by atoms with Crippen molar-refractivity contribution >= 4 is 5.78 Å². The summed E-state index contributed by atoms with van der Waals surface area (Å²) in [6, 6.07) is 15.8. The Balaban J connectivity index is 2.14. The van der Waals surface area contributed by atoms with Crippen molar-refractivity contribution < 1.29 is 22.7 Å². The molecule has 0 aromatic heterocycles. The highest BCUT2D eigenvalue weighted by Gasteiger charge is 2.46. The molecule has 5 heteroatoms. The maximum Gasteiger partial charge on any atom is 0.422 e. The molecular formula is C16H13F3O2. The lowest BCUT2D eigenvalue weighted by atomic mass is 10.1. The van der Waals surface area contributed by atoms with E-state index in [-0.39, 0.29) is 12.2 Å². The highest BCUT2D eigenvalue weighted by atomic mass is 19.4. The Labute approximate surface area is 120 Å². The van der Waals surface area contributed by atoms with Crippen molar-refractivity contribution in [3.05, 3.63) is 71.8 Å². The number of carbonyl (C=O) groups is 1. The Morgan fingerprint density at radius 3 is 2.00 bits per heavy atom. The Hall–Kier alpha value is -2.14. The first-order chi connectivity index (χ1) is 9.98. The van der Waals surface area contributed by atoms with Crippen LogP contribution in [-0.2, 0) is 11.3 Å². The molecule has 0 unspecified atom stereocenters. The standard InChI is InChI=1S/C16H13F3O2/c17-16(18,19)15(14(20)13-9-5-2-6-10-13)21-11-12-7-3-1-4-8-12/h1-10,15H,11H2/t15-/m1/s1.